The summed E-state index contributed by atoms with van der Waals surface area (Å²) in [5.41, 5.74) is 0.934. The van der Waals surface area contributed by atoms with E-state index in [-0.39, 0.29) is 17.2 Å². The second-order valence-electron chi connectivity index (χ2n) is 5.39. The van der Waals surface area contributed by atoms with Gasteiger partial charge in [0.25, 0.3) is 11.5 Å². The number of aromatic nitrogens is 2. The number of nitrogens with zero attached hydrogens (tertiary/aromatic N) is 3. The molecule has 23 heavy (non-hydrogen) atoms. The summed E-state index contributed by atoms with van der Waals surface area (Å²) in [6.07, 6.45) is 1.80. The Morgan fingerprint density at radius 3 is 2.70 bits per heavy atom. The predicted octanol–water partition coefficient (Wildman–Crippen LogP) is 2.97. The molecule has 2 aromatic rings. The molecule has 0 aliphatic heterocycles. The lowest BCUT2D eigenvalue weighted by Gasteiger charge is -2.18. The van der Waals surface area contributed by atoms with Gasteiger partial charge in [-0.1, -0.05) is 43.1 Å². The summed E-state index contributed by atoms with van der Waals surface area (Å²) in [5, 5.41) is 4.79. The van der Waals surface area contributed by atoms with Gasteiger partial charge in [-0.05, 0) is 24.1 Å². The van der Waals surface area contributed by atoms with Crippen LogP contribution in [0.5, 0.6) is 0 Å². The van der Waals surface area contributed by atoms with Crippen molar-refractivity contribution in [3.63, 3.8) is 0 Å². The molecule has 122 valence electrons. The van der Waals surface area contributed by atoms with Gasteiger partial charge < -0.3 is 4.90 Å². The average molecular weight is 334 g/mol. The first-order valence-corrected chi connectivity index (χ1v) is 7.97. The van der Waals surface area contributed by atoms with Crippen molar-refractivity contribution in [1.82, 2.24) is 14.7 Å². The van der Waals surface area contributed by atoms with Crippen LogP contribution in [-0.4, -0.2) is 27.6 Å². The molecule has 0 N–H and O–H groups in total. The van der Waals surface area contributed by atoms with Crippen LogP contribution in [0.1, 0.15) is 35.8 Å². The topological polar surface area (TPSA) is 55.2 Å². The molecule has 5 nitrogen and oxygen atoms in total. The fraction of sp³-hybridized carbons (Fsp3) is 0.353. The van der Waals surface area contributed by atoms with Gasteiger partial charge in [-0.2, -0.15) is 5.10 Å². The van der Waals surface area contributed by atoms with Crippen LogP contribution in [-0.2, 0) is 13.1 Å². The highest BCUT2D eigenvalue weighted by Crippen LogP contribution is 2.17. The van der Waals surface area contributed by atoms with Crippen molar-refractivity contribution in [2.45, 2.75) is 32.9 Å². The molecule has 0 atom stereocenters. The molecule has 1 amide bonds. The zero-order valence-corrected chi connectivity index (χ0v) is 14.1. The molecular weight excluding hydrogens is 314 g/mol. The minimum Gasteiger partial charge on any atom is -0.336 e. The van der Waals surface area contributed by atoms with E-state index in [0.29, 0.717) is 18.1 Å². The zero-order valence-electron chi connectivity index (χ0n) is 13.3. The molecule has 0 bridgehead atoms. The van der Waals surface area contributed by atoms with E-state index in [4.69, 9.17) is 11.6 Å². The van der Waals surface area contributed by atoms with Gasteiger partial charge in [0, 0.05) is 31.2 Å². The maximum atomic E-state index is 12.5. The third-order valence-corrected chi connectivity index (χ3v) is 3.89. The summed E-state index contributed by atoms with van der Waals surface area (Å²) in [5.74, 6) is -0.241. The fourth-order valence-corrected chi connectivity index (χ4v) is 2.38. The molecule has 0 saturated carbocycles. The number of hydrogen-bond acceptors (Lipinski definition) is 3. The standard InChI is InChI=1S/C17H20ClN3O2/c1-3-4-11-21-16(22)10-9-15(19-21)17(23)20(2)12-13-7-5-6-8-14(13)18/h5-10H,3-4,11-12H2,1-2H3. The third kappa shape index (κ3) is 4.42. The fourth-order valence-electron chi connectivity index (χ4n) is 2.18. The van der Waals surface area contributed by atoms with Crippen molar-refractivity contribution in [3.05, 3.63) is 63.0 Å². The van der Waals surface area contributed by atoms with Crippen LogP contribution in [0.25, 0.3) is 0 Å². The molecule has 0 aliphatic rings. The predicted molar refractivity (Wildman–Crippen MR) is 90.7 cm³/mol. The van der Waals surface area contributed by atoms with Crippen LogP contribution in [0.2, 0.25) is 5.02 Å². The molecule has 0 saturated heterocycles. The summed E-state index contributed by atoms with van der Waals surface area (Å²) in [6, 6.07) is 10.2. The van der Waals surface area contributed by atoms with Gasteiger partial charge in [0.2, 0.25) is 0 Å². The van der Waals surface area contributed by atoms with E-state index >= 15 is 0 Å². The summed E-state index contributed by atoms with van der Waals surface area (Å²) in [4.78, 5) is 25.8. The number of amides is 1. The van der Waals surface area contributed by atoms with Crippen LogP contribution >= 0.6 is 11.6 Å². The summed E-state index contributed by atoms with van der Waals surface area (Å²) < 4.78 is 1.35. The van der Waals surface area contributed by atoms with Crippen LogP contribution in [0.4, 0.5) is 0 Å². The summed E-state index contributed by atoms with van der Waals surface area (Å²) in [6.45, 7) is 2.94. The maximum absolute atomic E-state index is 12.5. The Labute approximate surface area is 140 Å². The molecule has 1 heterocycles. The number of halogens is 1. The number of carbonyl (C=O) groups excluding carboxylic acids is 1. The lowest BCUT2D eigenvalue weighted by Crippen LogP contribution is -2.31. The molecule has 0 aliphatic carbocycles. The molecule has 0 spiro atoms. The van der Waals surface area contributed by atoms with Gasteiger partial charge in [0.05, 0.1) is 0 Å². The van der Waals surface area contributed by atoms with Crippen molar-refractivity contribution in [3.8, 4) is 0 Å². The van der Waals surface area contributed by atoms with Crippen LogP contribution < -0.4 is 5.56 Å². The highest BCUT2D eigenvalue weighted by atomic mass is 35.5. The first-order valence-electron chi connectivity index (χ1n) is 7.60. The van der Waals surface area contributed by atoms with Crippen LogP contribution in [0, 0.1) is 0 Å². The molecule has 0 radical (unpaired) electrons. The molecule has 2 rings (SSSR count). The normalized spacial score (nSPS) is 10.6. The van der Waals surface area contributed by atoms with Gasteiger partial charge in [0.1, 0.15) is 5.69 Å². The minimum atomic E-state index is -0.241. The summed E-state index contributed by atoms with van der Waals surface area (Å²) in [7, 11) is 1.69. The molecule has 0 unspecified atom stereocenters. The molecule has 6 heteroatoms. The minimum absolute atomic E-state index is 0.191. The van der Waals surface area contributed by atoms with Gasteiger partial charge in [0.15, 0.2) is 0 Å². The van der Waals surface area contributed by atoms with Gasteiger partial charge in [-0.3, -0.25) is 9.59 Å². The molecule has 1 aromatic heterocycles. The number of carbonyl (C=O) groups is 1. The Hall–Kier alpha value is -2.14. The Kier molecular flexibility index (Phi) is 5.93. The smallest absolute Gasteiger partial charge is 0.274 e. The monoisotopic (exact) mass is 333 g/mol. The Morgan fingerprint density at radius 2 is 2.00 bits per heavy atom. The second-order valence-corrected chi connectivity index (χ2v) is 5.79. The van der Waals surface area contributed by atoms with Crippen LogP contribution in [0.3, 0.4) is 0 Å². The van der Waals surface area contributed by atoms with Crippen LogP contribution in [0.15, 0.2) is 41.2 Å². The van der Waals surface area contributed by atoms with Crippen molar-refractivity contribution in [2.24, 2.45) is 0 Å². The first-order chi connectivity index (χ1) is 11.0. The van der Waals surface area contributed by atoms with E-state index in [1.54, 1.807) is 13.1 Å². The van der Waals surface area contributed by atoms with E-state index in [9.17, 15) is 9.59 Å². The van der Waals surface area contributed by atoms with Gasteiger partial charge in [-0.25, -0.2) is 4.68 Å². The number of hydrogen-bond donors (Lipinski definition) is 0. The number of unbranched alkanes of at least 4 members (excludes halogenated alkanes) is 1. The third-order valence-electron chi connectivity index (χ3n) is 3.52. The first kappa shape index (κ1) is 17.2. The van der Waals surface area contributed by atoms with Crippen molar-refractivity contribution in [1.29, 1.82) is 0 Å². The van der Waals surface area contributed by atoms with Gasteiger partial charge in [-0.15, -0.1) is 0 Å². The Morgan fingerprint density at radius 1 is 1.26 bits per heavy atom. The van der Waals surface area contributed by atoms with Crippen molar-refractivity contribution in [2.75, 3.05) is 7.05 Å². The van der Waals surface area contributed by atoms with E-state index < -0.39 is 0 Å². The number of aryl methyl sites for hydroxylation is 1. The quantitative estimate of drug-likeness (QED) is 0.816. The van der Waals surface area contributed by atoms with Gasteiger partial charge >= 0.3 is 0 Å². The Bertz CT molecular complexity index is 743. The molecular formula is C17H20ClN3O2. The van der Waals surface area contributed by atoms with E-state index in [2.05, 4.69) is 5.10 Å². The van der Waals surface area contributed by atoms with E-state index in [1.165, 1.54) is 21.7 Å². The van der Waals surface area contributed by atoms with Crippen molar-refractivity contribution >= 4 is 17.5 Å². The lowest BCUT2D eigenvalue weighted by atomic mass is 10.2. The SMILES string of the molecule is CCCCn1nc(C(=O)N(C)Cc2ccccc2Cl)ccc1=O. The number of rotatable bonds is 6. The highest BCUT2D eigenvalue weighted by Gasteiger charge is 2.16. The Balaban J connectivity index is 2.16. The molecule has 1 aromatic carbocycles. The second kappa shape index (κ2) is 7.92. The van der Waals surface area contributed by atoms with Crippen molar-refractivity contribution < 1.29 is 4.79 Å². The number of benzene rings is 1. The zero-order chi connectivity index (χ0) is 16.8. The average Bonchev–Trinajstić information content (AvgIpc) is 2.55. The summed E-state index contributed by atoms with van der Waals surface area (Å²) >= 11 is 6.12. The largest absolute Gasteiger partial charge is 0.336 e. The molecule has 0 fully saturated rings. The maximum Gasteiger partial charge on any atom is 0.274 e. The van der Waals surface area contributed by atoms with E-state index in [1.807, 2.05) is 25.1 Å². The lowest BCUT2D eigenvalue weighted by molar-refractivity contribution is 0.0776. The highest BCUT2D eigenvalue weighted by molar-refractivity contribution is 6.31. The van der Waals surface area contributed by atoms with E-state index in [0.717, 1.165) is 18.4 Å².